The molecule has 0 aliphatic carbocycles. The molecule has 5 rings (SSSR count). The van der Waals surface area contributed by atoms with Crippen molar-refractivity contribution >= 4 is 5.78 Å². The van der Waals surface area contributed by atoms with Crippen molar-refractivity contribution in [1.82, 2.24) is 0 Å². The quantitative estimate of drug-likeness (QED) is 0.0882. The highest BCUT2D eigenvalue weighted by Crippen LogP contribution is 2.39. The van der Waals surface area contributed by atoms with Crippen LogP contribution in [0.25, 0.3) is 0 Å². The van der Waals surface area contributed by atoms with Gasteiger partial charge in [0.1, 0.15) is 5.78 Å². The van der Waals surface area contributed by atoms with Crippen molar-refractivity contribution < 1.29 is 4.79 Å². The number of carbonyl (C=O) groups excluding carboxylic acids is 1. The molecular weight excluding hydrogens is 641 g/mol. The fourth-order valence-electron chi connectivity index (χ4n) is 8.53. The zero-order chi connectivity index (χ0) is 38.2. The number of hydrogen-bond acceptors (Lipinski definition) is 1. The summed E-state index contributed by atoms with van der Waals surface area (Å²) in [6, 6.07) is 43.9. The average Bonchev–Trinajstić information content (AvgIpc) is 3.12. The molecule has 0 radical (unpaired) electrons. The molecule has 0 bridgehead atoms. The molecule has 0 aliphatic heterocycles. The summed E-state index contributed by atoms with van der Waals surface area (Å²) in [7, 11) is 0. The van der Waals surface area contributed by atoms with E-state index in [-0.39, 0.29) is 22.5 Å². The SMILES string of the molecule is C=C(Cc1ccccc1CC)C(C)c1ccc(Cc2ccc(C(C)C(=O)Cc3ccccc3CC(C)(C)CC(C)(C)Cc3cccc(C)c3)cc2)cc1. The number of aryl methyl sites for hydroxylation is 2. The fraction of sp³-hybridized carbons (Fsp3) is 0.365. The summed E-state index contributed by atoms with van der Waals surface area (Å²) in [5.41, 5.74) is 14.4. The van der Waals surface area contributed by atoms with Crippen molar-refractivity contribution in [3.8, 4) is 0 Å². The number of Topliss-reactive ketones (excluding diaryl/α,β-unsaturated/α-hetero) is 1. The number of ketones is 1. The maximum absolute atomic E-state index is 13.7. The van der Waals surface area contributed by atoms with Crippen LogP contribution >= 0.6 is 0 Å². The van der Waals surface area contributed by atoms with Crippen molar-refractivity contribution in [2.45, 2.75) is 112 Å². The van der Waals surface area contributed by atoms with E-state index in [1.54, 1.807) is 0 Å². The van der Waals surface area contributed by atoms with Gasteiger partial charge in [0, 0.05) is 18.3 Å². The van der Waals surface area contributed by atoms with Crippen LogP contribution in [0.5, 0.6) is 0 Å². The van der Waals surface area contributed by atoms with E-state index in [4.69, 9.17) is 0 Å². The lowest BCUT2D eigenvalue weighted by Crippen LogP contribution is -2.27. The molecule has 0 saturated heterocycles. The molecule has 0 amide bonds. The first-order valence-corrected chi connectivity index (χ1v) is 19.8. The Balaban J connectivity index is 1.16. The van der Waals surface area contributed by atoms with Gasteiger partial charge in [-0.3, -0.25) is 4.79 Å². The Morgan fingerprint density at radius 1 is 0.585 bits per heavy atom. The molecule has 53 heavy (non-hydrogen) atoms. The largest absolute Gasteiger partial charge is 0.299 e. The molecule has 0 saturated carbocycles. The molecule has 0 N–H and O–H groups in total. The summed E-state index contributed by atoms with van der Waals surface area (Å²) in [4.78, 5) is 13.7. The fourth-order valence-corrected chi connectivity index (χ4v) is 8.53. The van der Waals surface area contributed by atoms with Crippen molar-refractivity contribution in [3.63, 3.8) is 0 Å². The molecule has 0 heterocycles. The van der Waals surface area contributed by atoms with Gasteiger partial charge in [0.2, 0.25) is 0 Å². The summed E-state index contributed by atoms with van der Waals surface area (Å²) in [5, 5.41) is 0. The van der Waals surface area contributed by atoms with E-state index in [2.05, 4.69) is 183 Å². The van der Waals surface area contributed by atoms with Crippen LogP contribution < -0.4 is 0 Å². The second-order valence-corrected chi connectivity index (χ2v) is 17.3. The van der Waals surface area contributed by atoms with Gasteiger partial charge in [0.15, 0.2) is 0 Å². The lowest BCUT2D eigenvalue weighted by molar-refractivity contribution is -0.119. The lowest BCUT2D eigenvalue weighted by atomic mass is 9.69. The molecule has 2 unspecified atom stereocenters. The van der Waals surface area contributed by atoms with Crippen LogP contribution in [-0.2, 0) is 43.3 Å². The number of carbonyl (C=O) groups is 1. The Labute approximate surface area is 321 Å². The van der Waals surface area contributed by atoms with E-state index in [0.29, 0.717) is 12.3 Å². The molecule has 0 spiro atoms. The first-order chi connectivity index (χ1) is 25.2. The number of benzene rings is 5. The van der Waals surface area contributed by atoms with E-state index in [1.807, 2.05) is 0 Å². The summed E-state index contributed by atoms with van der Waals surface area (Å²) in [5.74, 6) is 0.413. The predicted molar refractivity (Wildman–Crippen MR) is 227 cm³/mol. The molecular formula is C52H62O. The molecule has 0 aromatic heterocycles. The van der Waals surface area contributed by atoms with E-state index in [1.165, 1.54) is 50.1 Å². The maximum atomic E-state index is 13.7. The number of rotatable bonds is 17. The first-order valence-electron chi connectivity index (χ1n) is 19.8. The Hall–Kier alpha value is -4.49. The standard InChI is InChI=1S/C52H62O/c1-10-44-18-11-12-19-47(44)31-38(3)39(4)45-26-22-41(23-27-45)32-42-24-28-46(29-25-42)40(5)50(53)33-48-20-13-14-21-49(48)35-52(8,9)36-51(6,7)34-43-17-15-16-37(2)30-43/h11-30,39-40H,3,10,31-36H2,1-2,4-9H3. The highest BCUT2D eigenvalue weighted by atomic mass is 16.1. The zero-order valence-corrected chi connectivity index (χ0v) is 33.8. The van der Waals surface area contributed by atoms with Crippen LogP contribution in [0.2, 0.25) is 0 Å². The lowest BCUT2D eigenvalue weighted by Gasteiger charge is -2.36. The van der Waals surface area contributed by atoms with Gasteiger partial charge >= 0.3 is 0 Å². The second-order valence-electron chi connectivity index (χ2n) is 17.3. The Morgan fingerprint density at radius 2 is 1.09 bits per heavy atom. The highest BCUT2D eigenvalue weighted by molar-refractivity contribution is 5.87. The monoisotopic (exact) mass is 702 g/mol. The van der Waals surface area contributed by atoms with Crippen LogP contribution in [0.3, 0.4) is 0 Å². The van der Waals surface area contributed by atoms with Crippen LogP contribution in [0.4, 0.5) is 0 Å². The van der Waals surface area contributed by atoms with Crippen LogP contribution in [0.15, 0.2) is 133 Å². The Morgan fingerprint density at radius 3 is 1.66 bits per heavy atom. The number of hydrogen-bond donors (Lipinski definition) is 0. The van der Waals surface area contributed by atoms with Gasteiger partial charge in [-0.15, -0.1) is 0 Å². The summed E-state index contributed by atoms with van der Waals surface area (Å²) in [6.45, 7) is 22.7. The van der Waals surface area contributed by atoms with Gasteiger partial charge in [-0.2, -0.15) is 0 Å². The molecule has 1 heteroatoms. The van der Waals surface area contributed by atoms with E-state index < -0.39 is 0 Å². The van der Waals surface area contributed by atoms with Crippen molar-refractivity contribution in [3.05, 3.63) is 189 Å². The van der Waals surface area contributed by atoms with E-state index in [9.17, 15) is 4.79 Å². The molecule has 5 aromatic carbocycles. The van der Waals surface area contributed by atoms with Gasteiger partial charge in [-0.05, 0) is 106 Å². The predicted octanol–water partition coefficient (Wildman–Crippen LogP) is 13.2. The van der Waals surface area contributed by atoms with Gasteiger partial charge < -0.3 is 0 Å². The minimum atomic E-state index is -0.156. The minimum Gasteiger partial charge on any atom is -0.299 e. The summed E-state index contributed by atoms with van der Waals surface area (Å²) in [6.07, 6.45) is 6.42. The van der Waals surface area contributed by atoms with Crippen LogP contribution in [0.1, 0.15) is 122 Å². The minimum absolute atomic E-state index is 0.0995. The van der Waals surface area contributed by atoms with Crippen molar-refractivity contribution in [1.29, 1.82) is 0 Å². The molecule has 0 aliphatic rings. The molecule has 1 nitrogen and oxygen atoms in total. The zero-order valence-electron chi connectivity index (χ0n) is 33.8. The Bertz CT molecular complexity index is 1970. The third-order valence-electron chi connectivity index (χ3n) is 11.3. The Kier molecular flexibility index (Phi) is 13.2. The smallest absolute Gasteiger partial charge is 0.144 e. The maximum Gasteiger partial charge on any atom is 0.144 e. The molecule has 2 atom stereocenters. The van der Waals surface area contributed by atoms with Crippen LogP contribution in [0, 0.1) is 17.8 Å². The van der Waals surface area contributed by atoms with Gasteiger partial charge in [0.05, 0.1) is 0 Å². The third kappa shape index (κ3) is 11.3. The molecule has 5 aromatic rings. The van der Waals surface area contributed by atoms with Crippen molar-refractivity contribution in [2.24, 2.45) is 10.8 Å². The summed E-state index contributed by atoms with van der Waals surface area (Å²) >= 11 is 0. The normalized spacial score (nSPS) is 13.1. The van der Waals surface area contributed by atoms with Gasteiger partial charge in [-0.1, -0.05) is 188 Å². The average molecular weight is 703 g/mol. The molecule has 0 fully saturated rings. The highest BCUT2D eigenvalue weighted by Gasteiger charge is 2.30. The van der Waals surface area contributed by atoms with E-state index >= 15 is 0 Å². The van der Waals surface area contributed by atoms with E-state index in [0.717, 1.165) is 49.7 Å². The molecule has 276 valence electrons. The first kappa shape index (κ1) is 39.7. The topological polar surface area (TPSA) is 17.1 Å². The number of allylic oxidation sites excluding steroid dienone is 1. The summed E-state index contributed by atoms with van der Waals surface area (Å²) < 4.78 is 0. The van der Waals surface area contributed by atoms with Crippen molar-refractivity contribution in [2.75, 3.05) is 0 Å². The second kappa shape index (κ2) is 17.6. The van der Waals surface area contributed by atoms with Gasteiger partial charge in [-0.25, -0.2) is 0 Å². The van der Waals surface area contributed by atoms with Gasteiger partial charge in [0.25, 0.3) is 0 Å². The van der Waals surface area contributed by atoms with Crippen LogP contribution in [-0.4, -0.2) is 5.78 Å². The third-order valence-corrected chi connectivity index (χ3v) is 11.3.